The maximum atomic E-state index is 13.9. The molecule has 1 aliphatic heterocycles. The molecule has 3 aromatic carbocycles. The molecule has 9 heteroatoms. The molecule has 0 atom stereocenters. The van der Waals surface area contributed by atoms with Crippen LogP contribution in [-0.2, 0) is 23.0 Å². The Morgan fingerprint density at radius 2 is 1.77 bits per heavy atom. The zero-order chi connectivity index (χ0) is 24.4. The molecule has 178 valence electrons. The third-order valence-corrected chi connectivity index (χ3v) is 7.23. The van der Waals surface area contributed by atoms with Crippen molar-refractivity contribution in [2.45, 2.75) is 30.7 Å². The van der Waals surface area contributed by atoms with Crippen molar-refractivity contribution >= 4 is 27.3 Å². The zero-order valence-electron chi connectivity index (χ0n) is 18.7. The summed E-state index contributed by atoms with van der Waals surface area (Å²) in [6.07, 6.45) is 5.36. The number of fused-ring (bicyclic) bond motifs is 1. The van der Waals surface area contributed by atoms with E-state index in [9.17, 15) is 17.6 Å². The minimum Gasteiger partial charge on any atom is -0.334 e. The molecule has 0 radical (unpaired) electrons. The van der Waals surface area contributed by atoms with Gasteiger partial charge in [0, 0.05) is 36.0 Å². The minimum absolute atomic E-state index is 0.146. The molecule has 35 heavy (non-hydrogen) atoms. The summed E-state index contributed by atoms with van der Waals surface area (Å²) in [6.45, 7) is 0.987. The smallest absolute Gasteiger partial charge is 0.262 e. The summed E-state index contributed by atoms with van der Waals surface area (Å²) in [5.74, 6) is -0.0507. The molecule has 7 nitrogen and oxygen atoms in total. The Hall–Kier alpha value is -3.98. The molecule has 1 aromatic heterocycles. The van der Waals surface area contributed by atoms with Crippen LogP contribution in [0.1, 0.15) is 29.0 Å². The lowest BCUT2D eigenvalue weighted by atomic mass is 10.1. The van der Waals surface area contributed by atoms with Crippen molar-refractivity contribution < 1.29 is 17.6 Å². The lowest BCUT2D eigenvalue weighted by Gasteiger charge is -2.11. The Morgan fingerprint density at radius 1 is 0.971 bits per heavy atom. The zero-order valence-corrected chi connectivity index (χ0v) is 19.6. The van der Waals surface area contributed by atoms with Gasteiger partial charge < -0.3 is 9.88 Å². The van der Waals surface area contributed by atoms with Gasteiger partial charge in [-0.1, -0.05) is 30.3 Å². The van der Waals surface area contributed by atoms with E-state index in [-0.39, 0.29) is 16.1 Å². The number of benzene rings is 3. The molecular formula is C26H23FN4O3S. The van der Waals surface area contributed by atoms with Crippen molar-refractivity contribution in [3.63, 3.8) is 0 Å². The van der Waals surface area contributed by atoms with Crippen LogP contribution in [-0.4, -0.2) is 23.9 Å². The average molecular weight is 491 g/mol. The van der Waals surface area contributed by atoms with Crippen molar-refractivity contribution in [2.24, 2.45) is 0 Å². The number of para-hydroxylation sites is 1. The predicted molar refractivity (Wildman–Crippen MR) is 132 cm³/mol. The first-order chi connectivity index (χ1) is 16.9. The summed E-state index contributed by atoms with van der Waals surface area (Å²) in [5, 5.41) is 2.78. The van der Waals surface area contributed by atoms with Crippen molar-refractivity contribution in [3.8, 4) is 11.3 Å². The van der Waals surface area contributed by atoms with Gasteiger partial charge in [-0.25, -0.2) is 17.8 Å². The summed E-state index contributed by atoms with van der Waals surface area (Å²) >= 11 is 0. The van der Waals surface area contributed by atoms with Gasteiger partial charge in [0.25, 0.3) is 15.9 Å². The number of hydrogen-bond donors (Lipinski definition) is 2. The molecule has 5 rings (SSSR count). The minimum atomic E-state index is -4.08. The van der Waals surface area contributed by atoms with Gasteiger partial charge in [0.15, 0.2) is 0 Å². The summed E-state index contributed by atoms with van der Waals surface area (Å²) in [7, 11) is -4.08. The molecule has 4 aromatic rings. The molecule has 0 saturated carbocycles. The second-order valence-corrected chi connectivity index (χ2v) is 10.0. The van der Waals surface area contributed by atoms with E-state index in [1.165, 1.54) is 42.5 Å². The number of rotatable bonds is 6. The Labute approximate surface area is 202 Å². The Morgan fingerprint density at radius 3 is 2.54 bits per heavy atom. The van der Waals surface area contributed by atoms with Gasteiger partial charge in [-0.2, -0.15) is 0 Å². The first-order valence-corrected chi connectivity index (χ1v) is 12.7. The summed E-state index contributed by atoms with van der Waals surface area (Å²) in [5.41, 5.74) is 2.42. The fraction of sp³-hybridized carbons (Fsp3) is 0.154. The highest BCUT2D eigenvalue weighted by molar-refractivity contribution is 7.92. The third kappa shape index (κ3) is 4.95. The van der Waals surface area contributed by atoms with E-state index < -0.39 is 21.7 Å². The number of anilines is 2. The molecule has 0 saturated heterocycles. The van der Waals surface area contributed by atoms with E-state index in [0.29, 0.717) is 5.69 Å². The lowest BCUT2D eigenvalue weighted by molar-refractivity contribution is 0.102. The van der Waals surface area contributed by atoms with Crippen molar-refractivity contribution in [1.82, 2.24) is 9.55 Å². The second-order valence-electron chi connectivity index (χ2n) is 8.34. The van der Waals surface area contributed by atoms with Crippen LogP contribution in [0.25, 0.3) is 11.3 Å². The van der Waals surface area contributed by atoms with Crippen LogP contribution in [0.4, 0.5) is 15.8 Å². The van der Waals surface area contributed by atoms with Crippen LogP contribution >= 0.6 is 0 Å². The van der Waals surface area contributed by atoms with Crippen molar-refractivity contribution in [2.75, 3.05) is 10.0 Å². The van der Waals surface area contributed by atoms with Gasteiger partial charge in [-0.15, -0.1) is 0 Å². The molecule has 0 fully saturated rings. The summed E-state index contributed by atoms with van der Waals surface area (Å²) in [6, 6.07) is 18.4. The molecule has 2 heterocycles. The molecule has 1 aliphatic rings. The summed E-state index contributed by atoms with van der Waals surface area (Å²) in [4.78, 5) is 17.4. The first kappa shape index (κ1) is 22.8. The van der Waals surface area contributed by atoms with Crippen LogP contribution in [0.3, 0.4) is 0 Å². The number of nitrogens with one attached hydrogen (secondary N) is 2. The predicted octanol–water partition coefficient (Wildman–Crippen LogP) is 5.08. The van der Waals surface area contributed by atoms with Crippen LogP contribution in [0.2, 0.25) is 0 Å². The van der Waals surface area contributed by atoms with Crippen LogP contribution < -0.4 is 10.0 Å². The number of aromatic nitrogens is 2. The number of nitrogens with zero attached hydrogens (tertiary/aromatic N) is 2. The van der Waals surface area contributed by atoms with E-state index in [2.05, 4.69) is 20.8 Å². The molecule has 1 amide bonds. The molecule has 0 aliphatic carbocycles. The number of amides is 1. The Balaban J connectivity index is 1.30. The van der Waals surface area contributed by atoms with Gasteiger partial charge in [0.2, 0.25) is 0 Å². The summed E-state index contributed by atoms with van der Waals surface area (Å²) < 4.78 is 43.7. The number of halogens is 1. The van der Waals surface area contributed by atoms with Crippen molar-refractivity contribution in [3.05, 3.63) is 96.2 Å². The van der Waals surface area contributed by atoms with Gasteiger partial charge in [-0.05, 0) is 55.3 Å². The number of aryl methyl sites for hydroxylation is 2. The topological polar surface area (TPSA) is 93.1 Å². The molecule has 0 unspecified atom stereocenters. The Bertz CT molecular complexity index is 1470. The largest absolute Gasteiger partial charge is 0.334 e. The highest BCUT2D eigenvalue weighted by Gasteiger charge is 2.18. The number of sulfonamides is 1. The monoisotopic (exact) mass is 490 g/mol. The van der Waals surface area contributed by atoms with Gasteiger partial charge in [-0.3, -0.25) is 9.52 Å². The van der Waals surface area contributed by atoms with E-state index in [1.807, 2.05) is 12.1 Å². The molecule has 0 spiro atoms. The second kappa shape index (κ2) is 9.34. The maximum absolute atomic E-state index is 13.9. The fourth-order valence-electron chi connectivity index (χ4n) is 4.03. The lowest BCUT2D eigenvalue weighted by Crippen LogP contribution is -2.16. The molecule has 2 N–H and O–H groups in total. The number of imidazole rings is 1. The maximum Gasteiger partial charge on any atom is 0.262 e. The van der Waals surface area contributed by atoms with E-state index in [4.69, 9.17) is 4.98 Å². The van der Waals surface area contributed by atoms with Gasteiger partial charge in [0.1, 0.15) is 11.6 Å². The van der Waals surface area contributed by atoms with Crippen LogP contribution in [0.15, 0.2) is 83.9 Å². The number of carbonyl (C=O) groups is 1. The number of hydrogen-bond acceptors (Lipinski definition) is 4. The first-order valence-electron chi connectivity index (χ1n) is 11.2. The van der Waals surface area contributed by atoms with E-state index >= 15 is 0 Å². The van der Waals surface area contributed by atoms with Crippen LogP contribution in [0, 0.1) is 5.82 Å². The van der Waals surface area contributed by atoms with Gasteiger partial charge in [0.05, 0.1) is 16.3 Å². The van der Waals surface area contributed by atoms with Gasteiger partial charge >= 0.3 is 0 Å². The highest BCUT2D eigenvalue weighted by atomic mass is 32.2. The normalized spacial score (nSPS) is 13.2. The molecular weight excluding hydrogens is 467 g/mol. The van der Waals surface area contributed by atoms with E-state index in [1.54, 1.807) is 12.1 Å². The Kier molecular flexibility index (Phi) is 6.08. The SMILES string of the molecule is O=C(Nc1ccc(-c2cn3c(n2)CCCC3)cc1)c1cccc(S(=O)(=O)Nc2ccccc2F)c1. The van der Waals surface area contributed by atoms with Crippen LogP contribution in [0.5, 0.6) is 0 Å². The standard InChI is InChI=1S/C26H23FN4O3S/c27-22-8-1-2-9-23(22)30-35(33,34)21-7-5-6-19(16-21)26(32)28-20-13-11-18(12-14-20)24-17-31-15-4-3-10-25(31)29-24/h1-2,5-9,11-14,16-17,30H,3-4,10,15H2,(H,28,32). The number of carbonyl (C=O) groups excluding carboxylic acids is 1. The third-order valence-electron chi connectivity index (χ3n) is 5.87. The van der Waals surface area contributed by atoms with Crippen molar-refractivity contribution in [1.29, 1.82) is 0 Å². The fourth-order valence-corrected chi connectivity index (χ4v) is 5.14. The molecule has 0 bridgehead atoms. The quantitative estimate of drug-likeness (QED) is 0.394. The highest BCUT2D eigenvalue weighted by Crippen LogP contribution is 2.25. The average Bonchev–Trinajstić information content (AvgIpc) is 3.30. The van der Waals surface area contributed by atoms with E-state index in [0.717, 1.165) is 49.0 Å².